The fraction of sp³-hybridized carbons (Fsp3) is 0.850. The van der Waals surface area contributed by atoms with E-state index < -0.39 is 26.5 Å². The summed E-state index contributed by atoms with van der Waals surface area (Å²) in [5.41, 5.74) is 5.34. The molecule has 0 aromatic carbocycles. The Balaban J connectivity index is 4.20. The van der Waals surface area contributed by atoms with Crippen molar-refractivity contribution in [2.45, 2.75) is 193 Å². The minimum atomic E-state index is -4.37. The van der Waals surface area contributed by atoms with Crippen molar-refractivity contribution in [3.05, 3.63) is 24.3 Å². The quantitative estimate of drug-likeness (QED) is 0.0275. The zero-order valence-corrected chi connectivity index (χ0v) is 33.0. The summed E-state index contributed by atoms with van der Waals surface area (Å²) in [7, 11) is -4.37. The van der Waals surface area contributed by atoms with Crippen molar-refractivity contribution >= 4 is 19.8 Å². The molecule has 0 radical (unpaired) electrons. The van der Waals surface area contributed by atoms with Gasteiger partial charge in [0.05, 0.1) is 13.2 Å². The molecule has 10 heteroatoms. The van der Waals surface area contributed by atoms with Crippen molar-refractivity contribution in [1.29, 1.82) is 0 Å². The second-order valence-corrected chi connectivity index (χ2v) is 15.0. The molecular formula is C40H76NO8P. The van der Waals surface area contributed by atoms with E-state index in [-0.39, 0.29) is 38.6 Å². The molecule has 0 saturated carbocycles. The summed E-state index contributed by atoms with van der Waals surface area (Å²) < 4.78 is 32.7. The lowest BCUT2D eigenvalue weighted by Crippen LogP contribution is -2.29. The summed E-state index contributed by atoms with van der Waals surface area (Å²) >= 11 is 0. The predicted molar refractivity (Wildman–Crippen MR) is 206 cm³/mol. The smallest absolute Gasteiger partial charge is 0.462 e. The number of phosphoric acid groups is 1. The Morgan fingerprint density at radius 3 is 1.56 bits per heavy atom. The summed E-state index contributed by atoms with van der Waals surface area (Å²) in [6, 6.07) is 0. The third-order valence-corrected chi connectivity index (χ3v) is 9.57. The number of allylic oxidation sites excluding steroid dienone is 4. The van der Waals surface area contributed by atoms with Crippen molar-refractivity contribution < 1.29 is 37.6 Å². The highest BCUT2D eigenvalue weighted by molar-refractivity contribution is 7.47. The molecule has 0 aliphatic carbocycles. The minimum absolute atomic E-state index is 0.0523. The summed E-state index contributed by atoms with van der Waals surface area (Å²) in [6.07, 6.45) is 37.7. The number of unbranched alkanes of at least 4 members (excludes halogenated alkanes) is 21. The van der Waals surface area contributed by atoms with Gasteiger partial charge in [0, 0.05) is 19.4 Å². The van der Waals surface area contributed by atoms with E-state index in [4.69, 9.17) is 24.3 Å². The van der Waals surface area contributed by atoms with E-state index in [1.54, 1.807) is 0 Å². The summed E-state index contributed by atoms with van der Waals surface area (Å²) in [5.74, 6) is -0.840. The average Bonchev–Trinajstić information content (AvgIpc) is 3.10. The van der Waals surface area contributed by atoms with E-state index in [0.29, 0.717) is 6.42 Å². The standard InChI is InChI=1S/C40H76NO8P/c1-3-5-7-9-11-13-15-17-19-21-23-25-27-29-31-33-40(43)49-38(37-48-50(44,45)47-35-34-41)36-46-39(42)32-30-28-26-24-22-20-18-16-14-12-10-8-6-4-2/h11,13,17,19,38H,3-10,12,14-16,18,20-37,41H2,1-2H3,(H,44,45)/b13-11-,19-17-/t38-/m1/s1. The highest BCUT2D eigenvalue weighted by Gasteiger charge is 2.26. The molecule has 0 fully saturated rings. The molecule has 0 aromatic heterocycles. The van der Waals surface area contributed by atoms with Crippen LogP contribution in [0.2, 0.25) is 0 Å². The summed E-state index contributed by atoms with van der Waals surface area (Å²) in [4.78, 5) is 34.8. The maximum Gasteiger partial charge on any atom is 0.472 e. The summed E-state index contributed by atoms with van der Waals surface area (Å²) in [6.45, 7) is 3.69. The van der Waals surface area contributed by atoms with Gasteiger partial charge in [-0.15, -0.1) is 0 Å². The van der Waals surface area contributed by atoms with Crippen LogP contribution in [0.25, 0.3) is 0 Å². The van der Waals surface area contributed by atoms with E-state index in [0.717, 1.165) is 57.8 Å². The molecule has 50 heavy (non-hydrogen) atoms. The Morgan fingerprint density at radius 1 is 0.600 bits per heavy atom. The van der Waals surface area contributed by atoms with E-state index in [1.807, 2.05) is 0 Å². The molecular weight excluding hydrogens is 653 g/mol. The SMILES string of the molecule is CCCCC/C=C\C/C=C\CCCCCCCC(=O)O[C@H](COC(=O)CCCCCCCCCCCCCCCC)COP(=O)(O)OCCN. The Morgan fingerprint density at radius 2 is 1.04 bits per heavy atom. The van der Waals surface area contributed by atoms with Gasteiger partial charge >= 0.3 is 19.8 Å². The molecule has 2 atom stereocenters. The maximum atomic E-state index is 12.5. The van der Waals surface area contributed by atoms with Gasteiger partial charge in [-0.25, -0.2) is 4.57 Å². The molecule has 0 aliphatic heterocycles. The molecule has 0 amide bonds. The van der Waals surface area contributed by atoms with Crippen molar-refractivity contribution in [2.75, 3.05) is 26.4 Å². The Labute approximate surface area is 306 Å². The minimum Gasteiger partial charge on any atom is -0.462 e. The molecule has 1 unspecified atom stereocenters. The molecule has 0 spiro atoms. The molecule has 0 heterocycles. The van der Waals surface area contributed by atoms with Crippen molar-refractivity contribution in [3.8, 4) is 0 Å². The van der Waals surface area contributed by atoms with Gasteiger partial charge < -0.3 is 20.1 Å². The van der Waals surface area contributed by atoms with E-state index in [9.17, 15) is 19.0 Å². The number of hydrogen-bond acceptors (Lipinski definition) is 8. The molecule has 3 N–H and O–H groups in total. The lowest BCUT2D eigenvalue weighted by atomic mass is 10.0. The zero-order valence-electron chi connectivity index (χ0n) is 32.1. The monoisotopic (exact) mass is 730 g/mol. The fourth-order valence-electron chi connectivity index (χ4n) is 5.55. The number of phosphoric ester groups is 1. The van der Waals surface area contributed by atoms with Gasteiger partial charge in [-0.1, -0.05) is 154 Å². The molecule has 0 aliphatic rings. The van der Waals surface area contributed by atoms with Crippen LogP contribution in [0.5, 0.6) is 0 Å². The average molecular weight is 730 g/mol. The Hall–Kier alpha value is -1.51. The highest BCUT2D eigenvalue weighted by atomic mass is 31.2. The first-order chi connectivity index (χ1) is 24.3. The first-order valence-corrected chi connectivity index (χ1v) is 21.8. The second kappa shape index (κ2) is 37.3. The zero-order chi connectivity index (χ0) is 36.8. The normalized spacial score (nSPS) is 13.6. The third kappa shape index (κ3) is 36.3. The molecule has 0 saturated heterocycles. The number of ether oxygens (including phenoxy) is 2. The van der Waals surface area contributed by atoms with Crippen LogP contribution in [0.3, 0.4) is 0 Å². The van der Waals surface area contributed by atoms with Gasteiger partial charge in [0.1, 0.15) is 6.61 Å². The molecule has 0 rings (SSSR count). The van der Waals surface area contributed by atoms with Crippen LogP contribution in [-0.2, 0) is 32.7 Å². The number of esters is 2. The Bertz CT molecular complexity index is 881. The van der Waals surface area contributed by atoms with Crippen LogP contribution in [0.15, 0.2) is 24.3 Å². The number of nitrogens with two attached hydrogens (primary N) is 1. The Kier molecular flexibility index (Phi) is 36.1. The molecule has 0 bridgehead atoms. The largest absolute Gasteiger partial charge is 0.472 e. The first-order valence-electron chi connectivity index (χ1n) is 20.3. The maximum absolute atomic E-state index is 12.5. The van der Waals surface area contributed by atoms with Gasteiger partial charge in [-0.05, 0) is 44.9 Å². The molecule has 294 valence electrons. The van der Waals surface area contributed by atoms with E-state index >= 15 is 0 Å². The van der Waals surface area contributed by atoms with Crippen molar-refractivity contribution in [1.82, 2.24) is 0 Å². The lowest BCUT2D eigenvalue weighted by molar-refractivity contribution is -0.161. The van der Waals surface area contributed by atoms with Crippen LogP contribution in [0.1, 0.15) is 187 Å². The third-order valence-electron chi connectivity index (χ3n) is 8.59. The number of carbonyl (C=O) groups excluding carboxylic acids is 2. The van der Waals surface area contributed by atoms with Gasteiger partial charge in [0.25, 0.3) is 0 Å². The molecule has 9 nitrogen and oxygen atoms in total. The van der Waals surface area contributed by atoms with Crippen LogP contribution < -0.4 is 5.73 Å². The van der Waals surface area contributed by atoms with E-state index in [2.05, 4.69) is 38.2 Å². The number of carbonyl (C=O) groups is 2. The summed E-state index contributed by atoms with van der Waals surface area (Å²) in [5, 5.41) is 0. The number of rotatable bonds is 38. The van der Waals surface area contributed by atoms with Gasteiger partial charge in [-0.2, -0.15) is 0 Å². The van der Waals surface area contributed by atoms with Gasteiger partial charge in [0.15, 0.2) is 6.10 Å². The lowest BCUT2D eigenvalue weighted by Gasteiger charge is -2.19. The van der Waals surface area contributed by atoms with Crippen LogP contribution >= 0.6 is 7.82 Å². The second-order valence-electron chi connectivity index (χ2n) is 13.5. The highest BCUT2D eigenvalue weighted by Crippen LogP contribution is 2.43. The van der Waals surface area contributed by atoms with Crippen LogP contribution in [0.4, 0.5) is 0 Å². The van der Waals surface area contributed by atoms with Gasteiger partial charge in [0.2, 0.25) is 0 Å². The first kappa shape index (κ1) is 48.5. The number of hydrogen-bond donors (Lipinski definition) is 2. The molecule has 0 aromatic rings. The van der Waals surface area contributed by atoms with Crippen LogP contribution in [0, 0.1) is 0 Å². The predicted octanol–water partition coefficient (Wildman–Crippen LogP) is 11.2. The van der Waals surface area contributed by atoms with Crippen molar-refractivity contribution in [3.63, 3.8) is 0 Å². The van der Waals surface area contributed by atoms with Crippen molar-refractivity contribution in [2.24, 2.45) is 5.73 Å². The van der Waals surface area contributed by atoms with Crippen LogP contribution in [-0.4, -0.2) is 49.3 Å². The fourth-order valence-corrected chi connectivity index (χ4v) is 6.31. The topological polar surface area (TPSA) is 134 Å². The van der Waals surface area contributed by atoms with E-state index in [1.165, 1.54) is 96.3 Å². The van der Waals surface area contributed by atoms with Gasteiger partial charge in [-0.3, -0.25) is 18.6 Å².